The molecule has 132 valence electrons. The zero-order valence-corrected chi connectivity index (χ0v) is 16.3. The third-order valence-corrected chi connectivity index (χ3v) is 5.22. The van der Waals surface area contributed by atoms with Crippen LogP contribution in [0.2, 0.25) is 0 Å². The lowest BCUT2D eigenvalue weighted by Crippen LogP contribution is -2.34. The van der Waals surface area contributed by atoms with Crippen molar-refractivity contribution in [2.24, 2.45) is 0 Å². The predicted octanol–water partition coefficient (Wildman–Crippen LogP) is 1.66. The van der Waals surface area contributed by atoms with E-state index in [1.165, 1.54) is 10.6 Å². The van der Waals surface area contributed by atoms with E-state index >= 15 is 0 Å². The van der Waals surface area contributed by atoms with Gasteiger partial charge in [-0.25, -0.2) is 0 Å². The Morgan fingerprint density at radius 2 is 2.08 bits per heavy atom. The van der Waals surface area contributed by atoms with E-state index in [2.05, 4.69) is 34.4 Å². The van der Waals surface area contributed by atoms with Crippen molar-refractivity contribution in [1.82, 2.24) is 9.88 Å². The van der Waals surface area contributed by atoms with Crippen LogP contribution in [0.1, 0.15) is 5.56 Å². The molecule has 0 aliphatic heterocycles. The van der Waals surface area contributed by atoms with Gasteiger partial charge in [-0.3, -0.25) is 14.2 Å². The summed E-state index contributed by atoms with van der Waals surface area (Å²) in [5.74, 6) is -0.543. The van der Waals surface area contributed by atoms with E-state index in [0.29, 0.717) is 9.20 Å². The lowest BCUT2D eigenvalue weighted by Gasteiger charge is -2.01. The highest BCUT2D eigenvalue weighted by atomic mass is 79.9. The first-order valence-electron chi connectivity index (χ1n) is 7.63. The number of nitrogens with one attached hydrogen (secondary N) is 1. The molecule has 2 rings (SSSR count). The summed E-state index contributed by atoms with van der Waals surface area (Å²) in [5, 5.41) is 12.0. The molecule has 0 unspecified atom stereocenters. The van der Waals surface area contributed by atoms with Crippen molar-refractivity contribution in [3.05, 3.63) is 79.2 Å². The third kappa shape index (κ3) is 4.28. The zero-order chi connectivity index (χ0) is 19.1. The third-order valence-electron chi connectivity index (χ3n) is 3.37. The van der Waals surface area contributed by atoms with E-state index in [4.69, 9.17) is 0 Å². The highest BCUT2D eigenvalue weighted by molar-refractivity contribution is 9.10. The zero-order valence-electron chi connectivity index (χ0n) is 13.9. The van der Waals surface area contributed by atoms with Crippen LogP contribution in [-0.2, 0) is 11.3 Å². The first-order chi connectivity index (χ1) is 12.5. The maximum atomic E-state index is 12.8. The number of nitriles is 1. The highest BCUT2D eigenvalue weighted by Crippen LogP contribution is 2.15. The van der Waals surface area contributed by atoms with Gasteiger partial charge in [-0.1, -0.05) is 46.3 Å². The molecular weight excluding hydrogens is 414 g/mol. The molecule has 0 aliphatic rings. The summed E-state index contributed by atoms with van der Waals surface area (Å²) in [5.41, 5.74) is 0.449. The molecule has 0 saturated carbocycles. The Bertz CT molecular complexity index is 1070. The molecule has 1 aromatic carbocycles. The van der Waals surface area contributed by atoms with Gasteiger partial charge >= 0.3 is 0 Å². The quantitative estimate of drug-likeness (QED) is 0.709. The van der Waals surface area contributed by atoms with Crippen molar-refractivity contribution in [3.63, 3.8) is 0 Å². The molecule has 0 atom stereocenters. The normalized spacial score (nSPS) is 12.2. The van der Waals surface area contributed by atoms with Crippen LogP contribution in [0.5, 0.6) is 0 Å². The number of allylic oxidation sites excluding steroid dienone is 1. The predicted molar refractivity (Wildman–Crippen MR) is 108 cm³/mol. The molecule has 0 bridgehead atoms. The van der Waals surface area contributed by atoms with Crippen molar-refractivity contribution in [3.8, 4) is 6.07 Å². The number of carbonyl (C=O) groups excluding carboxylic acids is 1. The van der Waals surface area contributed by atoms with E-state index in [0.717, 1.165) is 21.4 Å². The summed E-state index contributed by atoms with van der Waals surface area (Å²) >= 11 is 4.55. The Labute approximate surface area is 163 Å². The maximum absolute atomic E-state index is 12.8. The summed E-state index contributed by atoms with van der Waals surface area (Å²) in [6, 6.07) is 9.39. The minimum atomic E-state index is -0.543. The Morgan fingerprint density at radius 3 is 2.69 bits per heavy atom. The molecule has 26 heavy (non-hydrogen) atoms. The van der Waals surface area contributed by atoms with Crippen LogP contribution in [0.3, 0.4) is 0 Å². The minimum Gasteiger partial charge on any atom is -0.348 e. The fourth-order valence-corrected chi connectivity index (χ4v) is 3.68. The molecule has 0 radical (unpaired) electrons. The van der Waals surface area contributed by atoms with Gasteiger partial charge in [-0.2, -0.15) is 5.26 Å². The molecular formula is C19H16BrN3O2S. The van der Waals surface area contributed by atoms with Crippen molar-refractivity contribution in [2.45, 2.75) is 6.54 Å². The lowest BCUT2D eigenvalue weighted by molar-refractivity contribution is -0.115. The van der Waals surface area contributed by atoms with Gasteiger partial charge in [0, 0.05) is 17.6 Å². The molecule has 0 spiro atoms. The number of thiazole rings is 1. The van der Waals surface area contributed by atoms with Crippen LogP contribution in [0.25, 0.3) is 11.6 Å². The van der Waals surface area contributed by atoms with Crippen LogP contribution in [0.4, 0.5) is 0 Å². The van der Waals surface area contributed by atoms with Gasteiger partial charge in [-0.05, 0) is 17.7 Å². The van der Waals surface area contributed by atoms with E-state index in [1.807, 2.05) is 30.3 Å². The smallest absolute Gasteiger partial charge is 0.269 e. The molecule has 7 heteroatoms. The Hall–Kier alpha value is -2.69. The van der Waals surface area contributed by atoms with Crippen molar-refractivity contribution < 1.29 is 4.79 Å². The first-order valence-corrected chi connectivity index (χ1v) is 9.24. The fraction of sp³-hybridized carbons (Fsp3) is 0.105. The molecule has 1 aromatic heterocycles. The van der Waals surface area contributed by atoms with E-state index < -0.39 is 5.91 Å². The number of amides is 1. The summed E-state index contributed by atoms with van der Waals surface area (Å²) in [4.78, 5) is 25.0. The number of rotatable bonds is 6. The van der Waals surface area contributed by atoms with Crippen LogP contribution in [0, 0.1) is 11.3 Å². The Morgan fingerprint density at radius 1 is 1.35 bits per heavy atom. The SMILES string of the molecule is C=CCNC(=O)C(C#N)=c1sc(=Cc2ccccc2Br)c(=O)n1CC=C. The van der Waals surface area contributed by atoms with Gasteiger partial charge in [0.1, 0.15) is 10.7 Å². The largest absolute Gasteiger partial charge is 0.348 e. The second kappa shape index (κ2) is 9.13. The number of hydrogen-bond donors (Lipinski definition) is 1. The number of nitrogens with zero attached hydrogens (tertiary/aromatic N) is 2. The van der Waals surface area contributed by atoms with E-state index in [1.54, 1.807) is 12.2 Å². The minimum absolute atomic E-state index is 0.109. The van der Waals surface area contributed by atoms with E-state index in [-0.39, 0.29) is 24.2 Å². The van der Waals surface area contributed by atoms with Gasteiger partial charge in [0.2, 0.25) is 0 Å². The number of carbonyl (C=O) groups is 1. The van der Waals surface area contributed by atoms with Crippen LogP contribution in [-0.4, -0.2) is 17.0 Å². The van der Waals surface area contributed by atoms with Crippen LogP contribution in [0.15, 0.2) is 58.8 Å². The molecule has 2 aromatic rings. The van der Waals surface area contributed by atoms with Crippen molar-refractivity contribution in [1.29, 1.82) is 5.26 Å². The highest BCUT2D eigenvalue weighted by Gasteiger charge is 2.14. The van der Waals surface area contributed by atoms with Gasteiger partial charge in [0.25, 0.3) is 11.5 Å². The molecule has 0 saturated heterocycles. The van der Waals surface area contributed by atoms with Crippen molar-refractivity contribution in [2.75, 3.05) is 6.54 Å². The monoisotopic (exact) mass is 429 g/mol. The molecule has 0 aliphatic carbocycles. The van der Waals surface area contributed by atoms with Gasteiger partial charge in [0.15, 0.2) is 5.57 Å². The summed E-state index contributed by atoms with van der Waals surface area (Å²) in [7, 11) is 0. The van der Waals surface area contributed by atoms with Gasteiger partial charge < -0.3 is 5.32 Å². The lowest BCUT2D eigenvalue weighted by atomic mass is 10.2. The average Bonchev–Trinajstić information content (AvgIpc) is 2.92. The Balaban J connectivity index is 2.77. The number of aromatic nitrogens is 1. The summed E-state index contributed by atoms with van der Waals surface area (Å²) < 4.78 is 2.96. The van der Waals surface area contributed by atoms with Crippen LogP contribution < -0.4 is 20.1 Å². The number of hydrogen-bond acceptors (Lipinski definition) is 4. The van der Waals surface area contributed by atoms with Crippen LogP contribution >= 0.6 is 27.3 Å². The topological polar surface area (TPSA) is 74.9 Å². The molecule has 1 heterocycles. The maximum Gasteiger partial charge on any atom is 0.269 e. The molecule has 1 amide bonds. The second-order valence-electron chi connectivity index (χ2n) is 5.13. The standard InChI is InChI=1S/C19H16BrN3O2S/c1-3-9-22-17(24)14(12-21)19-23(10-4-2)18(25)16(26-19)11-13-7-5-6-8-15(13)20/h3-8,11H,1-2,9-10H2,(H,22,24). The second-order valence-corrected chi connectivity index (χ2v) is 7.01. The van der Waals surface area contributed by atoms with Gasteiger partial charge in [0.05, 0.1) is 4.53 Å². The Kier molecular flexibility index (Phi) is 6.89. The molecule has 5 nitrogen and oxygen atoms in total. The van der Waals surface area contributed by atoms with E-state index in [9.17, 15) is 14.9 Å². The molecule has 0 fully saturated rings. The summed E-state index contributed by atoms with van der Waals surface area (Å²) in [6.45, 7) is 7.61. The fourth-order valence-electron chi connectivity index (χ4n) is 2.18. The first kappa shape index (κ1) is 19.6. The molecule has 1 N–H and O–H groups in total. The summed E-state index contributed by atoms with van der Waals surface area (Å²) in [6.07, 6.45) is 4.80. The average molecular weight is 430 g/mol. The number of halogens is 1. The van der Waals surface area contributed by atoms with Gasteiger partial charge in [-0.15, -0.1) is 24.5 Å². The van der Waals surface area contributed by atoms with Crippen molar-refractivity contribution >= 4 is 44.8 Å². The number of benzene rings is 1.